The SMILES string of the molecule is Cc1ccc(S(=O)(=O)N(C)CC(=O)Nc2cc(C(F)(F)F)ccc2N(C)C)cc1C. The summed E-state index contributed by atoms with van der Waals surface area (Å²) in [6, 6.07) is 7.61. The molecule has 2 aromatic carbocycles. The van der Waals surface area contributed by atoms with Gasteiger partial charge in [0.25, 0.3) is 0 Å². The van der Waals surface area contributed by atoms with E-state index in [9.17, 15) is 26.4 Å². The molecule has 10 heteroatoms. The number of halogens is 3. The lowest BCUT2D eigenvalue weighted by atomic mass is 10.1. The molecule has 2 rings (SSSR count). The van der Waals surface area contributed by atoms with Crippen LogP contribution in [0, 0.1) is 13.8 Å². The lowest BCUT2D eigenvalue weighted by Gasteiger charge is -2.21. The lowest BCUT2D eigenvalue weighted by molar-refractivity contribution is -0.137. The number of rotatable bonds is 6. The van der Waals surface area contributed by atoms with Crippen LogP contribution in [0.1, 0.15) is 16.7 Å². The highest BCUT2D eigenvalue weighted by atomic mass is 32.2. The third-order valence-corrected chi connectivity index (χ3v) is 6.43. The van der Waals surface area contributed by atoms with Crippen molar-refractivity contribution in [2.75, 3.05) is 37.9 Å². The highest BCUT2D eigenvalue weighted by Crippen LogP contribution is 2.35. The fourth-order valence-corrected chi connectivity index (χ4v) is 3.95. The van der Waals surface area contributed by atoms with Gasteiger partial charge in [-0.15, -0.1) is 0 Å². The van der Waals surface area contributed by atoms with Crippen molar-refractivity contribution in [2.45, 2.75) is 24.9 Å². The van der Waals surface area contributed by atoms with Crippen LogP contribution in [0.2, 0.25) is 0 Å². The van der Waals surface area contributed by atoms with Gasteiger partial charge in [0.05, 0.1) is 28.4 Å². The van der Waals surface area contributed by atoms with Crippen LogP contribution in [0.4, 0.5) is 24.5 Å². The van der Waals surface area contributed by atoms with Gasteiger partial charge in [-0.05, 0) is 55.3 Å². The van der Waals surface area contributed by atoms with Gasteiger partial charge in [0.1, 0.15) is 0 Å². The zero-order chi connectivity index (χ0) is 22.9. The Bertz CT molecular complexity index is 1050. The topological polar surface area (TPSA) is 69.7 Å². The predicted octanol–water partition coefficient (Wildman–Crippen LogP) is 3.65. The molecule has 30 heavy (non-hydrogen) atoms. The molecule has 0 saturated carbocycles. The zero-order valence-electron chi connectivity index (χ0n) is 17.3. The van der Waals surface area contributed by atoms with Crippen molar-refractivity contribution in [1.29, 1.82) is 0 Å². The Morgan fingerprint density at radius 2 is 1.63 bits per heavy atom. The first kappa shape index (κ1) is 23.7. The maximum absolute atomic E-state index is 13.0. The summed E-state index contributed by atoms with van der Waals surface area (Å²) in [5.41, 5.74) is 1.09. The van der Waals surface area contributed by atoms with E-state index < -0.39 is 34.2 Å². The van der Waals surface area contributed by atoms with Crippen LogP contribution in [0.3, 0.4) is 0 Å². The molecule has 2 aromatic rings. The van der Waals surface area contributed by atoms with Crippen LogP contribution in [0.15, 0.2) is 41.3 Å². The number of sulfonamides is 1. The van der Waals surface area contributed by atoms with Gasteiger partial charge in [-0.2, -0.15) is 17.5 Å². The first-order valence-corrected chi connectivity index (χ1v) is 10.4. The molecular formula is C20H24F3N3O3S. The van der Waals surface area contributed by atoms with E-state index in [1.54, 1.807) is 32.0 Å². The number of nitrogens with one attached hydrogen (secondary N) is 1. The number of hydrogen-bond acceptors (Lipinski definition) is 4. The largest absolute Gasteiger partial charge is 0.416 e. The van der Waals surface area contributed by atoms with E-state index in [0.29, 0.717) is 5.69 Å². The van der Waals surface area contributed by atoms with Gasteiger partial charge in [-0.3, -0.25) is 4.79 Å². The van der Waals surface area contributed by atoms with Gasteiger partial charge in [-0.1, -0.05) is 6.07 Å². The number of amides is 1. The molecule has 0 heterocycles. The summed E-state index contributed by atoms with van der Waals surface area (Å²) in [4.78, 5) is 14.0. The Morgan fingerprint density at radius 3 is 2.17 bits per heavy atom. The molecule has 1 N–H and O–H groups in total. The normalized spacial score (nSPS) is 12.2. The molecule has 164 valence electrons. The van der Waals surface area contributed by atoms with Crippen LogP contribution in [-0.4, -0.2) is 46.3 Å². The Balaban J connectivity index is 2.25. The van der Waals surface area contributed by atoms with Crippen molar-refractivity contribution in [1.82, 2.24) is 4.31 Å². The highest BCUT2D eigenvalue weighted by Gasteiger charge is 2.31. The molecule has 0 spiro atoms. The number of alkyl halides is 3. The molecule has 0 aliphatic carbocycles. The van der Waals surface area contributed by atoms with E-state index in [0.717, 1.165) is 27.6 Å². The monoisotopic (exact) mass is 443 g/mol. The minimum Gasteiger partial charge on any atom is -0.376 e. The number of anilines is 2. The van der Waals surface area contributed by atoms with Crippen LogP contribution >= 0.6 is 0 Å². The molecule has 0 aliphatic heterocycles. The van der Waals surface area contributed by atoms with Crippen molar-refractivity contribution in [3.63, 3.8) is 0 Å². The summed E-state index contributed by atoms with van der Waals surface area (Å²) in [6.45, 7) is 3.07. The Morgan fingerprint density at radius 1 is 1.00 bits per heavy atom. The molecule has 0 radical (unpaired) electrons. The molecular weight excluding hydrogens is 419 g/mol. The number of likely N-dealkylation sites (N-methyl/N-ethyl adjacent to an activating group) is 1. The van der Waals surface area contributed by atoms with Crippen LogP contribution in [0.5, 0.6) is 0 Å². The fraction of sp³-hybridized carbons (Fsp3) is 0.350. The second-order valence-corrected chi connectivity index (χ2v) is 9.22. The lowest BCUT2D eigenvalue weighted by Crippen LogP contribution is -2.35. The fourth-order valence-electron chi connectivity index (χ4n) is 2.73. The maximum Gasteiger partial charge on any atom is 0.416 e. The molecule has 0 saturated heterocycles. The minimum absolute atomic E-state index is 0.0361. The molecule has 0 aromatic heterocycles. The second kappa shape index (κ2) is 8.65. The third-order valence-electron chi connectivity index (χ3n) is 4.63. The van der Waals surface area contributed by atoms with Crippen molar-refractivity contribution in [3.05, 3.63) is 53.1 Å². The molecule has 0 atom stereocenters. The van der Waals surface area contributed by atoms with Gasteiger partial charge in [0.2, 0.25) is 15.9 Å². The Hall–Kier alpha value is -2.59. The molecule has 0 aliphatic rings. The van der Waals surface area contributed by atoms with Crippen molar-refractivity contribution in [2.24, 2.45) is 0 Å². The minimum atomic E-state index is -4.58. The number of carbonyl (C=O) groups is 1. The molecule has 6 nitrogen and oxygen atoms in total. The average Bonchev–Trinajstić information content (AvgIpc) is 2.62. The van der Waals surface area contributed by atoms with Crippen molar-refractivity contribution >= 4 is 27.3 Å². The second-order valence-electron chi connectivity index (χ2n) is 7.18. The van der Waals surface area contributed by atoms with Crippen LogP contribution < -0.4 is 10.2 Å². The third kappa shape index (κ3) is 5.31. The van der Waals surface area contributed by atoms with Crippen molar-refractivity contribution in [3.8, 4) is 0 Å². The first-order chi connectivity index (χ1) is 13.7. The summed E-state index contributed by atoms with van der Waals surface area (Å²) in [5.74, 6) is -0.757. The molecule has 0 unspecified atom stereocenters. The predicted molar refractivity (Wildman–Crippen MR) is 110 cm³/mol. The smallest absolute Gasteiger partial charge is 0.376 e. The maximum atomic E-state index is 13.0. The van der Waals surface area contributed by atoms with Crippen LogP contribution in [-0.2, 0) is 21.0 Å². The highest BCUT2D eigenvalue weighted by molar-refractivity contribution is 7.89. The van der Waals surface area contributed by atoms with E-state index in [-0.39, 0.29) is 10.6 Å². The zero-order valence-corrected chi connectivity index (χ0v) is 18.1. The van der Waals surface area contributed by atoms with E-state index >= 15 is 0 Å². The number of nitrogens with zero attached hydrogens (tertiary/aromatic N) is 2. The van der Waals surface area contributed by atoms with E-state index in [2.05, 4.69) is 5.32 Å². The van der Waals surface area contributed by atoms with Gasteiger partial charge in [0, 0.05) is 21.1 Å². The van der Waals surface area contributed by atoms with E-state index in [4.69, 9.17) is 0 Å². The van der Waals surface area contributed by atoms with Gasteiger partial charge >= 0.3 is 6.18 Å². The molecule has 1 amide bonds. The Kier molecular flexibility index (Phi) is 6.83. The number of benzene rings is 2. The summed E-state index contributed by atoms with van der Waals surface area (Å²) >= 11 is 0. The van der Waals surface area contributed by atoms with Crippen molar-refractivity contribution < 1.29 is 26.4 Å². The average molecular weight is 443 g/mol. The quantitative estimate of drug-likeness (QED) is 0.740. The summed E-state index contributed by atoms with van der Waals surface area (Å²) in [6.07, 6.45) is -4.58. The summed E-state index contributed by atoms with van der Waals surface area (Å²) in [7, 11) is 0.537. The standard InChI is InChI=1S/C20H24F3N3O3S/c1-13-6-8-16(10-14(13)2)30(28,29)26(5)12-19(27)24-17-11-15(20(21,22)23)7-9-18(17)25(3)4/h6-11H,12H2,1-5H3,(H,24,27). The number of hydrogen-bond donors (Lipinski definition) is 1. The Labute approximate surface area is 174 Å². The molecule has 0 bridgehead atoms. The number of aryl methyl sites for hydroxylation is 2. The molecule has 0 fully saturated rings. The van der Waals surface area contributed by atoms with Gasteiger partial charge < -0.3 is 10.2 Å². The summed E-state index contributed by atoms with van der Waals surface area (Å²) in [5, 5.41) is 2.39. The van der Waals surface area contributed by atoms with E-state index in [1.807, 2.05) is 6.92 Å². The van der Waals surface area contributed by atoms with E-state index in [1.165, 1.54) is 25.2 Å². The van der Waals surface area contributed by atoms with Crippen LogP contribution in [0.25, 0.3) is 0 Å². The van der Waals surface area contributed by atoms with Gasteiger partial charge in [0.15, 0.2) is 0 Å². The number of carbonyl (C=O) groups excluding carboxylic acids is 1. The summed E-state index contributed by atoms with van der Waals surface area (Å²) < 4.78 is 65.4. The van der Waals surface area contributed by atoms with Gasteiger partial charge in [-0.25, -0.2) is 8.42 Å². The first-order valence-electron chi connectivity index (χ1n) is 8.95.